The molecule has 0 spiro atoms. The summed E-state index contributed by atoms with van der Waals surface area (Å²) in [5.74, 6) is -2.23. The first kappa shape index (κ1) is 23.8. The van der Waals surface area contributed by atoms with Gasteiger partial charge in [-0.1, -0.05) is 12.1 Å². The second-order valence-corrected chi connectivity index (χ2v) is 6.03. The van der Waals surface area contributed by atoms with Crippen LogP contribution in [0.1, 0.15) is 18.1 Å². The summed E-state index contributed by atoms with van der Waals surface area (Å²) in [4.78, 5) is 24.6. The number of esters is 1. The monoisotopic (exact) mass is 446 g/mol. The third kappa shape index (κ3) is 6.76. The molecule has 0 fully saturated rings. The fourth-order valence-electron chi connectivity index (χ4n) is 2.34. The number of ether oxygens (including phenoxy) is 1. The van der Waals surface area contributed by atoms with Crippen molar-refractivity contribution >= 4 is 23.3 Å². The molecule has 2 aromatic rings. The number of alkyl halides is 6. The maximum atomic E-state index is 12.8. The van der Waals surface area contributed by atoms with Crippen LogP contribution >= 0.6 is 0 Å². The number of anilines is 2. The zero-order chi connectivity index (χ0) is 23.2. The number of nitrogens with one attached hydrogen (secondary N) is 2. The molecule has 0 bridgehead atoms. The van der Waals surface area contributed by atoms with Crippen molar-refractivity contribution in [2.45, 2.75) is 19.3 Å². The molecule has 2 N–H and O–H groups in total. The van der Waals surface area contributed by atoms with Gasteiger partial charge in [-0.15, -0.1) is 0 Å². The number of carbonyl (C=O) groups is 2. The van der Waals surface area contributed by atoms with Crippen LogP contribution in [0.2, 0.25) is 0 Å². The number of benzene rings is 2. The Bertz CT molecular complexity index is 983. The lowest BCUT2D eigenvalue weighted by molar-refractivity contribution is -0.140. The first-order chi connectivity index (χ1) is 14.4. The van der Waals surface area contributed by atoms with E-state index < -0.39 is 40.9 Å². The molecule has 0 aliphatic carbocycles. The zero-order valence-electron chi connectivity index (χ0n) is 15.9. The van der Waals surface area contributed by atoms with E-state index in [2.05, 4.69) is 10.6 Å². The van der Waals surface area contributed by atoms with Crippen LogP contribution in [0, 0.1) is 0 Å². The number of halogens is 6. The van der Waals surface area contributed by atoms with E-state index in [0.29, 0.717) is 6.07 Å². The van der Waals surface area contributed by atoms with E-state index in [4.69, 9.17) is 4.74 Å². The van der Waals surface area contributed by atoms with Crippen LogP contribution in [-0.2, 0) is 26.7 Å². The maximum Gasteiger partial charge on any atom is 0.416 e. The lowest BCUT2D eigenvalue weighted by atomic mass is 10.1. The van der Waals surface area contributed by atoms with Gasteiger partial charge in [0, 0.05) is 17.6 Å². The Kier molecular flexibility index (Phi) is 7.32. The number of amides is 1. The van der Waals surface area contributed by atoms with Crippen LogP contribution in [0.3, 0.4) is 0 Å². The highest BCUT2D eigenvalue weighted by Crippen LogP contribution is 2.31. The molecule has 0 aliphatic rings. The third-order valence-electron chi connectivity index (χ3n) is 3.76. The Balaban J connectivity index is 2.28. The quantitative estimate of drug-likeness (QED) is 0.210. The highest BCUT2D eigenvalue weighted by atomic mass is 19.4. The largest absolute Gasteiger partial charge is 0.462 e. The summed E-state index contributed by atoms with van der Waals surface area (Å²) >= 11 is 0. The Labute approximate surface area is 172 Å². The van der Waals surface area contributed by atoms with E-state index in [0.717, 1.165) is 36.5 Å². The molecule has 0 unspecified atom stereocenters. The van der Waals surface area contributed by atoms with Crippen molar-refractivity contribution in [1.82, 2.24) is 0 Å². The number of rotatable bonds is 6. The van der Waals surface area contributed by atoms with Crippen LogP contribution in [0.4, 0.5) is 37.7 Å². The molecule has 31 heavy (non-hydrogen) atoms. The minimum Gasteiger partial charge on any atom is -0.462 e. The first-order valence-electron chi connectivity index (χ1n) is 8.71. The Morgan fingerprint density at radius 2 is 1.42 bits per heavy atom. The minimum atomic E-state index is -4.65. The number of hydrogen-bond acceptors (Lipinski definition) is 4. The van der Waals surface area contributed by atoms with E-state index in [1.54, 1.807) is 0 Å². The van der Waals surface area contributed by atoms with Crippen LogP contribution < -0.4 is 10.6 Å². The lowest BCUT2D eigenvalue weighted by Crippen LogP contribution is -2.23. The second-order valence-electron chi connectivity index (χ2n) is 6.03. The molecule has 166 valence electrons. The van der Waals surface area contributed by atoms with Crippen LogP contribution in [0.15, 0.2) is 60.3 Å². The van der Waals surface area contributed by atoms with Gasteiger partial charge in [0.25, 0.3) is 5.91 Å². The van der Waals surface area contributed by atoms with Gasteiger partial charge in [-0.25, -0.2) is 4.79 Å². The van der Waals surface area contributed by atoms with Crippen molar-refractivity contribution in [2.75, 3.05) is 17.2 Å². The van der Waals surface area contributed by atoms with Crippen molar-refractivity contribution in [2.24, 2.45) is 0 Å². The number of carbonyl (C=O) groups excluding carboxylic acids is 2. The fraction of sp³-hybridized carbons (Fsp3) is 0.200. The first-order valence-corrected chi connectivity index (χ1v) is 8.71. The molecule has 0 aliphatic heterocycles. The SMILES string of the molecule is CCOC(=O)/C(=C/Nc1cccc(C(F)(F)F)c1)C(=O)Nc1cccc(C(F)(F)F)c1. The van der Waals surface area contributed by atoms with Gasteiger partial charge in [-0.05, 0) is 43.3 Å². The van der Waals surface area contributed by atoms with Crippen molar-refractivity contribution in [3.63, 3.8) is 0 Å². The normalized spacial score (nSPS) is 12.3. The molecule has 0 aromatic heterocycles. The highest BCUT2D eigenvalue weighted by Gasteiger charge is 2.31. The summed E-state index contributed by atoms with van der Waals surface area (Å²) in [5.41, 5.74) is -2.96. The van der Waals surface area contributed by atoms with Crippen LogP contribution in [0.5, 0.6) is 0 Å². The molecule has 1 amide bonds. The molecule has 2 rings (SSSR count). The van der Waals surface area contributed by atoms with E-state index in [1.807, 2.05) is 0 Å². The van der Waals surface area contributed by atoms with Crippen molar-refractivity contribution in [3.8, 4) is 0 Å². The van der Waals surface area contributed by atoms with Gasteiger partial charge in [0.1, 0.15) is 5.57 Å². The molecule has 5 nitrogen and oxygen atoms in total. The van der Waals surface area contributed by atoms with Crippen molar-refractivity contribution < 1.29 is 40.7 Å². The Hall–Kier alpha value is -3.50. The van der Waals surface area contributed by atoms with Gasteiger partial charge >= 0.3 is 18.3 Å². The lowest BCUT2D eigenvalue weighted by Gasteiger charge is -2.12. The standard InChI is InChI=1S/C20H16F6N2O3/c1-2-31-18(30)16(11-27-14-7-3-5-12(9-14)19(21,22)23)17(29)28-15-8-4-6-13(10-15)20(24,25)26/h3-11,27H,2H2,1H3,(H,28,29)/b16-11+. The number of hydrogen-bond donors (Lipinski definition) is 2. The minimum absolute atomic E-state index is 0.0801. The highest BCUT2D eigenvalue weighted by molar-refractivity contribution is 6.21. The van der Waals surface area contributed by atoms with Gasteiger partial charge in [0.2, 0.25) is 0 Å². The summed E-state index contributed by atoms with van der Waals surface area (Å²) in [6.07, 6.45) is -8.44. The van der Waals surface area contributed by atoms with Gasteiger partial charge in [-0.2, -0.15) is 26.3 Å². The van der Waals surface area contributed by atoms with Gasteiger partial charge in [-0.3, -0.25) is 4.79 Å². The Morgan fingerprint density at radius 3 is 1.94 bits per heavy atom. The topological polar surface area (TPSA) is 67.4 Å². The van der Waals surface area contributed by atoms with Gasteiger partial charge in [0.05, 0.1) is 17.7 Å². The average Bonchev–Trinajstić information content (AvgIpc) is 2.67. The molecule has 0 saturated heterocycles. The van der Waals surface area contributed by atoms with E-state index in [-0.39, 0.29) is 18.0 Å². The summed E-state index contributed by atoms with van der Waals surface area (Å²) in [6, 6.07) is 7.67. The summed E-state index contributed by atoms with van der Waals surface area (Å²) < 4.78 is 81.7. The molecule has 0 radical (unpaired) electrons. The molecule has 2 aromatic carbocycles. The van der Waals surface area contributed by atoms with Crippen molar-refractivity contribution in [3.05, 3.63) is 71.4 Å². The summed E-state index contributed by atoms with van der Waals surface area (Å²) in [7, 11) is 0. The predicted molar refractivity (Wildman–Crippen MR) is 99.9 cm³/mol. The third-order valence-corrected chi connectivity index (χ3v) is 3.76. The van der Waals surface area contributed by atoms with Crippen molar-refractivity contribution in [1.29, 1.82) is 0 Å². The van der Waals surface area contributed by atoms with Crippen LogP contribution in [-0.4, -0.2) is 18.5 Å². The smallest absolute Gasteiger partial charge is 0.416 e. The van der Waals surface area contributed by atoms with Gasteiger partial charge < -0.3 is 15.4 Å². The molecule has 0 heterocycles. The predicted octanol–water partition coefficient (Wildman–Crippen LogP) is 5.22. The van der Waals surface area contributed by atoms with Crippen LogP contribution in [0.25, 0.3) is 0 Å². The molecule has 0 atom stereocenters. The molecule has 0 saturated carbocycles. The molecule has 11 heteroatoms. The van der Waals surface area contributed by atoms with E-state index >= 15 is 0 Å². The van der Waals surface area contributed by atoms with Gasteiger partial charge in [0.15, 0.2) is 0 Å². The maximum absolute atomic E-state index is 12.8. The zero-order valence-corrected chi connectivity index (χ0v) is 15.9. The Morgan fingerprint density at radius 1 is 0.903 bits per heavy atom. The summed E-state index contributed by atoms with van der Waals surface area (Å²) in [5, 5.41) is 4.53. The summed E-state index contributed by atoms with van der Waals surface area (Å²) in [6.45, 7) is 1.34. The second kappa shape index (κ2) is 9.54. The fourth-order valence-corrected chi connectivity index (χ4v) is 2.34. The van der Waals surface area contributed by atoms with E-state index in [9.17, 15) is 35.9 Å². The average molecular weight is 446 g/mol. The molecular weight excluding hydrogens is 430 g/mol. The molecular formula is C20H16F6N2O3. The van der Waals surface area contributed by atoms with E-state index in [1.165, 1.54) is 19.1 Å².